The molecule has 1 N–H and O–H groups in total. The quantitative estimate of drug-likeness (QED) is 0.719. The van der Waals surface area contributed by atoms with Gasteiger partial charge in [0.2, 0.25) is 0 Å². The van der Waals surface area contributed by atoms with E-state index in [2.05, 4.69) is 6.58 Å². The molecule has 0 aromatic carbocycles. The Hall–Kier alpha value is -0.540. The Bertz CT molecular complexity index is 194. The van der Waals surface area contributed by atoms with Crippen LogP contribution in [0.3, 0.4) is 0 Å². The Morgan fingerprint density at radius 3 is 2.54 bits per heavy atom. The van der Waals surface area contributed by atoms with Gasteiger partial charge in [0, 0.05) is 18.1 Å². The highest BCUT2D eigenvalue weighted by Crippen LogP contribution is 2.05. The van der Waals surface area contributed by atoms with Gasteiger partial charge < -0.3 is 5.11 Å². The Kier molecular flexibility index (Phi) is 5.75. The number of carboxylic acids is 1. The summed E-state index contributed by atoms with van der Waals surface area (Å²) in [6.07, 6.45) is 0. The minimum absolute atomic E-state index is 0.365. The van der Waals surface area contributed by atoms with E-state index in [0.717, 1.165) is 6.54 Å². The summed E-state index contributed by atoms with van der Waals surface area (Å²) in [7, 11) is 0. The molecule has 0 fully saturated rings. The molecular formula is C9H16ClNO2. The summed E-state index contributed by atoms with van der Waals surface area (Å²) in [5.41, 5.74) is 0. The van der Waals surface area contributed by atoms with Crippen molar-refractivity contribution in [1.29, 1.82) is 0 Å². The highest BCUT2D eigenvalue weighted by molar-refractivity contribution is 6.29. The second-order valence-corrected chi connectivity index (χ2v) is 3.62. The zero-order valence-corrected chi connectivity index (χ0v) is 8.84. The van der Waals surface area contributed by atoms with E-state index in [0.29, 0.717) is 18.1 Å². The second-order valence-electron chi connectivity index (χ2n) is 3.08. The van der Waals surface area contributed by atoms with Crippen LogP contribution < -0.4 is 0 Å². The topological polar surface area (TPSA) is 40.5 Å². The van der Waals surface area contributed by atoms with E-state index in [1.54, 1.807) is 6.92 Å². The van der Waals surface area contributed by atoms with Gasteiger partial charge in [0.1, 0.15) is 0 Å². The monoisotopic (exact) mass is 205 g/mol. The molecule has 0 saturated carbocycles. The lowest BCUT2D eigenvalue weighted by Crippen LogP contribution is -2.32. The van der Waals surface area contributed by atoms with Crippen molar-refractivity contribution in [2.24, 2.45) is 5.92 Å². The molecule has 1 atom stereocenters. The normalized spacial score (nSPS) is 12.9. The van der Waals surface area contributed by atoms with Gasteiger partial charge in [0.05, 0.1) is 5.92 Å². The van der Waals surface area contributed by atoms with Gasteiger partial charge in [-0.15, -0.1) is 0 Å². The highest BCUT2D eigenvalue weighted by atomic mass is 35.5. The summed E-state index contributed by atoms with van der Waals surface area (Å²) in [6, 6.07) is 0. The number of hydrogen-bond acceptors (Lipinski definition) is 2. The average Bonchev–Trinajstić information content (AvgIpc) is 2.02. The minimum atomic E-state index is -0.779. The molecule has 0 aromatic heterocycles. The predicted octanol–water partition coefficient (Wildman–Crippen LogP) is 1.78. The van der Waals surface area contributed by atoms with Crippen LogP contribution in [0.4, 0.5) is 0 Å². The molecule has 1 unspecified atom stereocenters. The number of hydrogen-bond donors (Lipinski definition) is 1. The molecule has 0 saturated heterocycles. The van der Waals surface area contributed by atoms with Crippen molar-refractivity contribution in [3.05, 3.63) is 11.6 Å². The minimum Gasteiger partial charge on any atom is -0.481 e. The maximum Gasteiger partial charge on any atom is 0.307 e. The molecule has 4 heteroatoms. The number of aliphatic carboxylic acids is 1. The first kappa shape index (κ1) is 12.5. The molecule has 0 aromatic rings. The molecule has 76 valence electrons. The van der Waals surface area contributed by atoms with Gasteiger partial charge in [-0.1, -0.05) is 32.0 Å². The third-order valence-corrected chi connectivity index (χ3v) is 1.92. The van der Waals surface area contributed by atoms with Gasteiger partial charge in [-0.2, -0.15) is 0 Å². The van der Waals surface area contributed by atoms with Crippen LogP contribution in [0.2, 0.25) is 0 Å². The highest BCUT2D eigenvalue weighted by Gasteiger charge is 2.14. The van der Waals surface area contributed by atoms with E-state index in [1.165, 1.54) is 0 Å². The van der Waals surface area contributed by atoms with E-state index in [-0.39, 0.29) is 5.92 Å². The lowest BCUT2D eigenvalue weighted by Gasteiger charge is -2.21. The Balaban J connectivity index is 3.97. The molecule has 0 rings (SSSR count). The van der Waals surface area contributed by atoms with Crippen molar-refractivity contribution in [2.45, 2.75) is 13.8 Å². The lowest BCUT2D eigenvalue weighted by atomic mass is 10.2. The standard InChI is InChI=1S/C9H16ClNO2/c1-4-11(6-8(3)10)5-7(2)9(12)13/h7H,3-6H2,1-2H3,(H,12,13). The van der Waals surface area contributed by atoms with Crippen LogP contribution in [0.5, 0.6) is 0 Å². The van der Waals surface area contributed by atoms with Crippen molar-refractivity contribution in [3.63, 3.8) is 0 Å². The zero-order valence-electron chi connectivity index (χ0n) is 8.09. The number of nitrogens with zero attached hydrogens (tertiary/aromatic N) is 1. The first-order chi connectivity index (χ1) is 5.97. The number of rotatable bonds is 6. The second kappa shape index (κ2) is 6.00. The fraction of sp³-hybridized carbons (Fsp3) is 0.667. The number of carboxylic acid groups (broad SMARTS) is 1. The molecule has 0 aliphatic rings. The summed E-state index contributed by atoms with van der Waals surface area (Å²) in [5, 5.41) is 9.22. The molecule has 13 heavy (non-hydrogen) atoms. The number of carbonyl (C=O) groups is 1. The van der Waals surface area contributed by atoms with E-state index < -0.39 is 5.97 Å². The molecule has 0 heterocycles. The zero-order chi connectivity index (χ0) is 10.4. The molecule has 0 aliphatic heterocycles. The largest absolute Gasteiger partial charge is 0.481 e. The van der Waals surface area contributed by atoms with Crippen molar-refractivity contribution in [3.8, 4) is 0 Å². The average molecular weight is 206 g/mol. The molecule has 0 aliphatic carbocycles. The van der Waals surface area contributed by atoms with Crippen LogP contribution in [0.15, 0.2) is 11.6 Å². The fourth-order valence-corrected chi connectivity index (χ4v) is 1.18. The molecular weight excluding hydrogens is 190 g/mol. The van der Waals surface area contributed by atoms with E-state index in [1.807, 2.05) is 11.8 Å². The van der Waals surface area contributed by atoms with E-state index >= 15 is 0 Å². The van der Waals surface area contributed by atoms with Crippen LogP contribution >= 0.6 is 11.6 Å². The summed E-state index contributed by atoms with van der Waals surface area (Å²) in [4.78, 5) is 12.5. The molecule has 0 bridgehead atoms. The Labute approximate surface area is 84.0 Å². The third-order valence-electron chi connectivity index (χ3n) is 1.80. The van der Waals surface area contributed by atoms with Gasteiger partial charge in [-0.25, -0.2) is 0 Å². The lowest BCUT2D eigenvalue weighted by molar-refractivity contribution is -0.141. The SMILES string of the molecule is C=C(Cl)CN(CC)CC(C)C(=O)O. The van der Waals surface area contributed by atoms with Crippen LogP contribution in [0.1, 0.15) is 13.8 Å². The van der Waals surface area contributed by atoms with Gasteiger partial charge in [0.15, 0.2) is 0 Å². The summed E-state index contributed by atoms with van der Waals surface area (Å²) in [5.74, 6) is -1.14. The van der Waals surface area contributed by atoms with Crippen molar-refractivity contribution in [2.75, 3.05) is 19.6 Å². The van der Waals surface area contributed by atoms with E-state index in [9.17, 15) is 4.79 Å². The van der Waals surface area contributed by atoms with Gasteiger partial charge in [0.25, 0.3) is 0 Å². The maximum atomic E-state index is 10.6. The third kappa shape index (κ3) is 5.66. The first-order valence-corrected chi connectivity index (χ1v) is 4.63. The van der Waals surface area contributed by atoms with Crippen molar-refractivity contribution >= 4 is 17.6 Å². The van der Waals surface area contributed by atoms with Crippen LogP contribution in [0, 0.1) is 5.92 Å². The van der Waals surface area contributed by atoms with Gasteiger partial charge in [-0.3, -0.25) is 9.69 Å². The molecule has 0 radical (unpaired) electrons. The summed E-state index contributed by atoms with van der Waals surface area (Å²) in [6.45, 7) is 9.06. The maximum absolute atomic E-state index is 10.6. The molecule has 3 nitrogen and oxygen atoms in total. The van der Waals surface area contributed by atoms with Crippen molar-refractivity contribution < 1.29 is 9.90 Å². The smallest absolute Gasteiger partial charge is 0.307 e. The first-order valence-electron chi connectivity index (χ1n) is 4.25. The summed E-state index contributed by atoms with van der Waals surface area (Å²) >= 11 is 5.63. The number of likely N-dealkylation sites (N-methyl/N-ethyl adjacent to an activating group) is 1. The van der Waals surface area contributed by atoms with Crippen LogP contribution in [-0.4, -0.2) is 35.6 Å². The van der Waals surface area contributed by atoms with Crippen LogP contribution in [-0.2, 0) is 4.79 Å². The Morgan fingerprint density at radius 2 is 2.23 bits per heavy atom. The molecule has 0 amide bonds. The van der Waals surface area contributed by atoms with Gasteiger partial charge >= 0.3 is 5.97 Å². The predicted molar refractivity (Wildman–Crippen MR) is 53.9 cm³/mol. The fourth-order valence-electron chi connectivity index (χ4n) is 1.01. The number of halogens is 1. The van der Waals surface area contributed by atoms with Gasteiger partial charge in [-0.05, 0) is 6.54 Å². The molecule has 0 spiro atoms. The Morgan fingerprint density at radius 1 is 1.69 bits per heavy atom. The summed E-state index contributed by atoms with van der Waals surface area (Å²) < 4.78 is 0. The van der Waals surface area contributed by atoms with E-state index in [4.69, 9.17) is 16.7 Å². The van der Waals surface area contributed by atoms with Crippen molar-refractivity contribution in [1.82, 2.24) is 4.90 Å². The van der Waals surface area contributed by atoms with Crippen LogP contribution in [0.25, 0.3) is 0 Å².